The third-order valence-corrected chi connectivity index (χ3v) is 9.96. The van der Waals surface area contributed by atoms with E-state index < -0.39 is 5.41 Å². The molecule has 3 atom stereocenters. The molecule has 4 bridgehead atoms. The minimum Gasteiger partial charge on any atom is -0.465 e. The van der Waals surface area contributed by atoms with E-state index in [-0.39, 0.29) is 23.8 Å². The molecule has 1 aliphatic heterocycles. The van der Waals surface area contributed by atoms with Gasteiger partial charge in [-0.15, -0.1) is 0 Å². The Morgan fingerprint density at radius 2 is 1.74 bits per heavy atom. The monoisotopic (exact) mass is 468 g/mol. The fraction of sp³-hybridized carbons (Fsp3) is 0.767. The number of ether oxygens (including phenoxy) is 3. The highest BCUT2D eigenvalue weighted by Gasteiger charge is 2.57. The van der Waals surface area contributed by atoms with Gasteiger partial charge in [0, 0.05) is 6.42 Å². The lowest BCUT2D eigenvalue weighted by molar-refractivity contribution is -0.212. The molecule has 5 fully saturated rings. The third-order valence-electron chi connectivity index (χ3n) is 9.96. The summed E-state index contributed by atoms with van der Waals surface area (Å²) in [7, 11) is 0. The summed E-state index contributed by atoms with van der Waals surface area (Å²) in [6.07, 6.45) is 11.2. The van der Waals surface area contributed by atoms with Crippen LogP contribution >= 0.6 is 0 Å². The van der Waals surface area contributed by atoms with Crippen LogP contribution < -0.4 is 4.74 Å². The van der Waals surface area contributed by atoms with Crippen LogP contribution in [0.3, 0.4) is 0 Å². The van der Waals surface area contributed by atoms with Crippen molar-refractivity contribution in [1.82, 2.24) is 0 Å². The summed E-state index contributed by atoms with van der Waals surface area (Å²) in [5, 5.41) is 0. The second-order valence-corrected chi connectivity index (χ2v) is 12.4. The van der Waals surface area contributed by atoms with Gasteiger partial charge in [-0.25, -0.2) is 0 Å². The number of esters is 1. The van der Waals surface area contributed by atoms with Gasteiger partial charge in [0.15, 0.2) is 6.29 Å². The van der Waals surface area contributed by atoms with E-state index in [1.165, 1.54) is 37.7 Å². The molecule has 188 valence electrons. The van der Waals surface area contributed by atoms with Crippen molar-refractivity contribution in [3.8, 4) is 5.75 Å². The van der Waals surface area contributed by atoms with Crippen molar-refractivity contribution >= 4 is 5.97 Å². The molecule has 4 saturated carbocycles. The van der Waals surface area contributed by atoms with Crippen molar-refractivity contribution in [3.63, 3.8) is 0 Å². The first-order valence-corrected chi connectivity index (χ1v) is 13.9. The maximum absolute atomic E-state index is 13.7. The van der Waals surface area contributed by atoms with E-state index in [0.717, 1.165) is 56.3 Å². The molecule has 34 heavy (non-hydrogen) atoms. The van der Waals surface area contributed by atoms with Crippen LogP contribution in [0.1, 0.15) is 103 Å². The smallest absolute Gasteiger partial charge is 0.312 e. The molecule has 0 radical (unpaired) electrons. The first kappa shape index (κ1) is 24.2. The minimum absolute atomic E-state index is 0.0197. The molecule has 6 rings (SSSR count). The van der Waals surface area contributed by atoms with Crippen LogP contribution in [-0.2, 0) is 14.3 Å². The molecule has 1 heterocycles. The van der Waals surface area contributed by atoms with Gasteiger partial charge in [0.05, 0.1) is 12.0 Å². The Balaban J connectivity index is 1.22. The van der Waals surface area contributed by atoms with Gasteiger partial charge in [0.2, 0.25) is 0 Å². The highest BCUT2D eigenvalue weighted by molar-refractivity contribution is 5.77. The molecule has 1 saturated heterocycles. The Bertz CT molecular complexity index is 827. The van der Waals surface area contributed by atoms with E-state index >= 15 is 0 Å². The first-order chi connectivity index (χ1) is 16.3. The van der Waals surface area contributed by atoms with E-state index in [1.54, 1.807) is 0 Å². The van der Waals surface area contributed by atoms with E-state index in [2.05, 4.69) is 39.8 Å². The molecule has 0 N–H and O–H groups in total. The Morgan fingerprint density at radius 1 is 1.09 bits per heavy atom. The van der Waals surface area contributed by atoms with E-state index in [0.29, 0.717) is 11.8 Å². The van der Waals surface area contributed by atoms with Gasteiger partial charge in [-0.1, -0.05) is 26.0 Å². The zero-order valence-electron chi connectivity index (χ0n) is 21.7. The van der Waals surface area contributed by atoms with Crippen molar-refractivity contribution in [1.29, 1.82) is 0 Å². The van der Waals surface area contributed by atoms with Crippen LogP contribution in [-0.4, -0.2) is 24.5 Å². The molecular weight excluding hydrogens is 424 g/mol. The summed E-state index contributed by atoms with van der Waals surface area (Å²) in [5.74, 6) is 4.02. The van der Waals surface area contributed by atoms with Crippen LogP contribution in [0.15, 0.2) is 24.3 Å². The van der Waals surface area contributed by atoms with Crippen molar-refractivity contribution in [3.05, 3.63) is 29.8 Å². The fourth-order valence-corrected chi connectivity index (χ4v) is 7.61. The summed E-state index contributed by atoms with van der Waals surface area (Å²) in [5.41, 5.74) is 0.511. The van der Waals surface area contributed by atoms with Crippen molar-refractivity contribution < 1.29 is 19.0 Å². The lowest BCUT2D eigenvalue weighted by atomic mass is 9.50. The highest BCUT2D eigenvalue weighted by atomic mass is 16.7. The SMILES string of the molecule is CCC(C)(CC(C)c1ccc(OC2CCCCO2)cc1)C(=O)OC1(C)C2CC3CC(C2)CC1C3. The Hall–Kier alpha value is -1.55. The summed E-state index contributed by atoms with van der Waals surface area (Å²) in [6, 6.07) is 8.37. The van der Waals surface area contributed by atoms with E-state index in [1.807, 2.05) is 12.1 Å². The molecule has 1 aromatic rings. The second-order valence-electron chi connectivity index (χ2n) is 12.4. The number of hydrogen-bond donors (Lipinski definition) is 0. The lowest BCUT2D eigenvalue weighted by Crippen LogP contribution is -2.58. The fourth-order valence-electron chi connectivity index (χ4n) is 7.61. The van der Waals surface area contributed by atoms with Gasteiger partial charge in [0.1, 0.15) is 11.4 Å². The highest BCUT2D eigenvalue weighted by Crippen LogP contribution is 2.60. The zero-order chi connectivity index (χ0) is 23.9. The van der Waals surface area contributed by atoms with Crippen molar-refractivity contribution in [2.75, 3.05) is 6.61 Å². The van der Waals surface area contributed by atoms with Crippen LogP contribution in [0.5, 0.6) is 5.75 Å². The molecule has 5 aliphatic rings. The molecule has 0 amide bonds. The number of benzene rings is 1. The maximum atomic E-state index is 13.7. The summed E-state index contributed by atoms with van der Waals surface area (Å²) >= 11 is 0. The maximum Gasteiger partial charge on any atom is 0.312 e. The minimum atomic E-state index is -0.470. The number of carbonyl (C=O) groups is 1. The molecule has 1 aromatic carbocycles. The summed E-state index contributed by atoms with van der Waals surface area (Å²) in [4.78, 5) is 13.7. The van der Waals surface area contributed by atoms with Crippen molar-refractivity contribution in [2.45, 2.75) is 110 Å². The Labute approximate surface area is 206 Å². The number of hydrogen-bond acceptors (Lipinski definition) is 4. The van der Waals surface area contributed by atoms with Crippen LogP contribution in [0.2, 0.25) is 0 Å². The standard InChI is InChI=1S/C30H44O4/c1-5-29(3,28(31)34-30(4)24-15-21-14-22(17-24)18-25(30)16-21)19-20(2)23-9-11-26(12-10-23)33-27-8-6-7-13-32-27/h9-12,20-22,24-25,27H,5-8,13-19H2,1-4H3. The molecule has 0 aromatic heterocycles. The van der Waals surface area contributed by atoms with Crippen LogP contribution in [0.25, 0.3) is 0 Å². The molecule has 4 heteroatoms. The van der Waals surface area contributed by atoms with Gasteiger partial charge < -0.3 is 14.2 Å². The Kier molecular flexibility index (Phi) is 6.74. The van der Waals surface area contributed by atoms with E-state index in [9.17, 15) is 4.79 Å². The topological polar surface area (TPSA) is 44.8 Å². The lowest BCUT2D eigenvalue weighted by Gasteiger charge is -2.59. The van der Waals surface area contributed by atoms with Crippen LogP contribution in [0, 0.1) is 29.1 Å². The van der Waals surface area contributed by atoms with Crippen molar-refractivity contribution in [2.24, 2.45) is 29.1 Å². The largest absolute Gasteiger partial charge is 0.465 e. The molecule has 0 spiro atoms. The van der Waals surface area contributed by atoms with E-state index in [4.69, 9.17) is 14.2 Å². The first-order valence-electron chi connectivity index (χ1n) is 13.9. The third kappa shape index (κ3) is 4.64. The number of rotatable bonds is 8. The predicted octanol–water partition coefficient (Wildman–Crippen LogP) is 7.26. The van der Waals surface area contributed by atoms with Gasteiger partial charge in [-0.05, 0) is 119 Å². The van der Waals surface area contributed by atoms with Gasteiger partial charge in [-0.3, -0.25) is 4.79 Å². The Morgan fingerprint density at radius 3 is 2.29 bits per heavy atom. The second kappa shape index (κ2) is 9.48. The average Bonchev–Trinajstić information content (AvgIpc) is 2.83. The quantitative estimate of drug-likeness (QED) is 0.377. The average molecular weight is 469 g/mol. The molecule has 3 unspecified atom stereocenters. The summed E-state index contributed by atoms with van der Waals surface area (Å²) < 4.78 is 18.2. The van der Waals surface area contributed by atoms with Gasteiger partial charge in [-0.2, -0.15) is 0 Å². The summed E-state index contributed by atoms with van der Waals surface area (Å²) in [6.45, 7) is 9.52. The zero-order valence-corrected chi connectivity index (χ0v) is 21.7. The van der Waals surface area contributed by atoms with Crippen LogP contribution in [0.4, 0.5) is 0 Å². The number of carbonyl (C=O) groups excluding carboxylic acids is 1. The van der Waals surface area contributed by atoms with Gasteiger partial charge in [0.25, 0.3) is 0 Å². The predicted molar refractivity (Wildman–Crippen MR) is 134 cm³/mol. The molecule has 4 nitrogen and oxygen atoms in total. The van der Waals surface area contributed by atoms with Gasteiger partial charge >= 0.3 is 5.97 Å². The molecule has 4 aliphatic carbocycles. The molecular formula is C30H44O4. The normalized spacial score (nSPS) is 37.1.